The van der Waals surface area contributed by atoms with Crippen molar-refractivity contribution in [2.75, 3.05) is 0 Å². The lowest BCUT2D eigenvalue weighted by molar-refractivity contribution is 0.635. The van der Waals surface area contributed by atoms with Crippen LogP contribution in [0.5, 0.6) is 0 Å². The molecule has 1 aliphatic carbocycles. The third-order valence-electron chi connectivity index (χ3n) is 2.52. The van der Waals surface area contributed by atoms with E-state index in [0.717, 1.165) is 11.1 Å². The molecule has 0 amide bonds. The highest BCUT2D eigenvalue weighted by atomic mass is 14.4. The van der Waals surface area contributed by atoms with E-state index in [4.69, 9.17) is 21.0 Å². The van der Waals surface area contributed by atoms with Crippen LogP contribution in [0.15, 0.2) is 22.3 Å². The van der Waals surface area contributed by atoms with Crippen LogP contribution < -0.4 is 0 Å². The molecule has 1 fully saturated rings. The van der Waals surface area contributed by atoms with Crippen LogP contribution in [0.2, 0.25) is 0 Å². The molecule has 1 rings (SSSR count). The number of hydrogen-bond acceptors (Lipinski definition) is 4. The van der Waals surface area contributed by atoms with Gasteiger partial charge < -0.3 is 0 Å². The maximum atomic E-state index is 8.64. The Bertz CT molecular complexity index is 443. The number of nitriles is 4. The van der Waals surface area contributed by atoms with Gasteiger partial charge in [0.15, 0.2) is 0 Å². The van der Waals surface area contributed by atoms with Crippen molar-refractivity contribution in [1.82, 2.24) is 0 Å². The van der Waals surface area contributed by atoms with E-state index in [1.807, 2.05) is 24.3 Å². The quantitative estimate of drug-likeness (QED) is 0.548. The summed E-state index contributed by atoms with van der Waals surface area (Å²) in [5.74, 6) is -0.131. The van der Waals surface area contributed by atoms with E-state index in [1.165, 1.54) is 0 Å². The van der Waals surface area contributed by atoms with Gasteiger partial charge >= 0.3 is 0 Å². The molecule has 1 saturated carbocycles. The van der Waals surface area contributed by atoms with Crippen LogP contribution in [0.4, 0.5) is 0 Å². The highest BCUT2D eigenvalue weighted by Gasteiger charge is 2.31. The number of nitrogens with zero attached hydrogens (tertiary/aromatic N) is 4. The van der Waals surface area contributed by atoms with E-state index in [1.54, 1.807) is 6.92 Å². The first-order valence-corrected chi connectivity index (χ1v) is 4.26. The van der Waals surface area contributed by atoms with E-state index >= 15 is 0 Å². The van der Waals surface area contributed by atoms with E-state index in [0.29, 0.717) is 6.42 Å². The molecular weight excluding hydrogens is 188 g/mol. The number of allylic oxidation sites excluding steroid dienone is 4. The Morgan fingerprint density at radius 1 is 0.933 bits per heavy atom. The van der Waals surface area contributed by atoms with Gasteiger partial charge in [0.25, 0.3) is 0 Å². The van der Waals surface area contributed by atoms with Crippen LogP contribution in [-0.2, 0) is 0 Å². The minimum Gasteiger partial charge on any atom is -0.192 e. The molecule has 4 nitrogen and oxygen atoms in total. The normalized spacial score (nSPS) is 13.9. The first-order chi connectivity index (χ1) is 7.19. The van der Waals surface area contributed by atoms with Crippen LogP contribution in [0, 0.1) is 51.2 Å². The third kappa shape index (κ3) is 1.58. The molecule has 0 aromatic heterocycles. The molecule has 0 bridgehead atoms. The van der Waals surface area contributed by atoms with Crippen molar-refractivity contribution in [1.29, 1.82) is 21.0 Å². The van der Waals surface area contributed by atoms with E-state index in [2.05, 4.69) is 0 Å². The second kappa shape index (κ2) is 4.10. The van der Waals surface area contributed by atoms with Crippen LogP contribution >= 0.6 is 0 Å². The minimum atomic E-state index is -0.131. The Morgan fingerprint density at radius 3 is 1.47 bits per heavy atom. The molecule has 0 unspecified atom stereocenters. The molecule has 70 valence electrons. The zero-order chi connectivity index (χ0) is 11.4. The fourth-order valence-corrected chi connectivity index (χ4v) is 1.54. The maximum Gasteiger partial charge on any atom is 0.129 e. The minimum absolute atomic E-state index is 0.0986. The van der Waals surface area contributed by atoms with Crippen molar-refractivity contribution in [2.24, 2.45) is 5.92 Å². The fourth-order valence-electron chi connectivity index (χ4n) is 1.54. The standard InChI is InChI=1S/C11H6N4/c1-7-10(8(3-12)4-13)2-11(7)9(5-14)6-15/h7H,2H2,1H3. The van der Waals surface area contributed by atoms with E-state index in [9.17, 15) is 0 Å². The molecular formula is C11H6N4. The molecule has 0 saturated heterocycles. The van der Waals surface area contributed by atoms with Crippen molar-refractivity contribution in [3.05, 3.63) is 22.3 Å². The van der Waals surface area contributed by atoms with Gasteiger partial charge in [0.05, 0.1) is 0 Å². The highest BCUT2D eigenvalue weighted by Crippen LogP contribution is 2.42. The van der Waals surface area contributed by atoms with Gasteiger partial charge in [-0.25, -0.2) is 0 Å². The molecule has 0 aliphatic heterocycles. The molecule has 1 aliphatic rings. The number of rotatable bonds is 0. The average Bonchev–Trinajstić information content (AvgIpc) is 2.28. The lowest BCUT2D eigenvalue weighted by Crippen LogP contribution is -2.19. The van der Waals surface area contributed by atoms with Crippen molar-refractivity contribution in [3.63, 3.8) is 0 Å². The van der Waals surface area contributed by atoms with Crippen LogP contribution in [0.1, 0.15) is 13.3 Å². The van der Waals surface area contributed by atoms with Gasteiger partial charge in [0.1, 0.15) is 35.4 Å². The molecule has 0 radical (unpaired) electrons. The summed E-state index contributed by atoms with van der Waals surface area (Å²) in [6.07, 6.45) is 0.397. The molecule has 0 heterocycles. The second-order valence-electron chi connectivity index (χ2n) is 3.15. The lowest BCUT2D eigenvalue weighted by Gasteiger charge is -2.30. The Kier molecular flexibility index (Phi) is 2.88. The van der Waals surface area contributed by atoms with Gasteiger partial charge in [-0.1, -0.05) is 6.92 Å². The molecule has 15 heavy (non-hydrogen) atoms. The summed E-state index contributed by atoms with van der Waals surface area (Å²) in [7, 11) is 0. The Balaban J connectivity index is 3.12. The van der Waals surface area contributed by atoms with E-state index in [-0.39, 0.29) is 17.1 Å². The van der Waals surface area contributed by atoms with Gasteiger partial charge in [-0.2, -0.15) is 21.0 Å². The predicted molar refractivity (Wildman–Crippen MR) is 50.3 cm³/mol. The highest BCUT2D eigenvalue weighted by molar-refractivity contribution is 5.55. The molecule has 4 heteroatoms. The van der Waals surface area contributed by atoms with Crippen LogP contribution in [-0.4, -0.2) is 0 Å². The first kappa shape index (κ1) is 10.5. The van der Waals surface area contributed by atoms with Gasteiger partial charge in [-0.3, -0.25) is 0 Å². The molecule has 0 N–H and O–H groups in total. The van der Waals surface area contributed by atoms with Crippen LogP contribution in [0.3, 0.4) is 0 Å². The summed E-state index contributed by atoms with van der Waals surface area (Å²) in [6, 6.07) is 7.24. The summed E-state index contributed by atoms with van der Waals surface area (Å²) < 4.78 is 0. The largest absolute Gasteiger partial charge is 0.192 e. The van der Waals surface area contributed by atoms with Gasteiger partial charge in [-0.05, 0) is 17.6 Å². The zero-order valence-electron chi connectivity index (χ0n) is 8.07. The van der Waals surface area contributed by atoms with Gasteiger partial charge in [0.2, 0.25) is 0 Å². The van der Waals surface area contributed by atoms with Crippen molar-refractivity contribution < 1.29 is 0 Å². The summed E-state index contributed by atoms with van der Waals surface area (Å²) in [5.41, 5.74) is 1.64. The molecule has 0 aromatic rings. The molecule has 0 atom stereocenters. The SMILES string of the molecule is CC1C(=C(C#N)C#N)CC1=C(C#N)C#N. The zero-order valence-corrected chi connectivity index (χ0v) is 8.07. The third-order valence-corrected chi connectivity index (χ3v) is 2.52. The smallest absolute Gasteiger partial charge is 0.129 e. The number of hydrogen-bond donors (Lipinski definition) is 0. The Hall–Kier alpha value is -2.56. The second-order valence-corrected chi connectivity index (χ2v) is 3.15. The lowest BCUT2D eigenvalue weighted by atomic mass is 9.71. The van der Waals surface area contributed by atoms with Crippen molar-refractivity contribution >= 4 is 0 Å². The van der Waals surface area contributed by atoms with Gasteiger partial charge in [0, 0.05) is 5.92 Å². The summed E-state index contributed by atoms with van der Waals surface area (Å²) in [4.78, 5) is 0. The average molecular weight is 194 g/mol. The molecule has 0 aromatic carbocycles. The summed E-state index contributed by atoms with van der Waals surface area (Å²) in [5, 5.41) is 34.6. The predicted octanol–water partition coefficient (Wildman–Crippen LogP) is 1.71. The summed E-state index contributed by atoms with van der Waals surface area (Å²) in [6.45, 7) is 1.79. The van der Waals surface area contributed by atoms with E-state index < -0.39 is 0 Å². The van der Waals surface area contributed by atoms with Gasteiger partial charge in [-0.15, -0.1) is 0 Å². The Morgan fingerprint density at radius 2 is 1.27 bits per heavy atom. The maximum absolute atomic E-state index is 8.64. The van der Waals surface area contributed by atoms with Crippen molar-refractivity contribution in [2.45, 2.75) is 13.3 Å². The topological polar surface area (TPSA) is 95.2 Å². The fraction of sp³-hybridized carbons (Fsp3) is 0.273. The first-order valence-electron chi connectivity index (χ1n) is 4.26. The van der Waals surface area contributed by atoms with Crippen molar-refractivity contribution in [3.8, 4) is 24.3 Å². The Labute approximate surface area is 87.6 Å². The molecule has 0 spiro atoms. The van der Waals surface area contributed by atoms with Crippen LogP contribution in [0.25, 0.3) is 0 Å². The monoisotopic (exact) mass is 194 g/mol. The summed E-state index contributed by atoms with van der Waals surface area (Å²) >= 11 is 0.